The highest BCUT2D eigenvalue weighted by molar-refractivity contribution is 5.92. The van der Waals surface area contributed by atoms with E-state index in [2.05, 4.69) is 13.2 Å². The van der Waals surface area contributed by atoms with Crippen LogP contribution in [0, 0.1) is 5.92 Å². The molecule has 4 atom stereocenters. The van der Waals surface area contributed by atoms with Gasteiger partial charge in [-0.2, -0.15) is 0 Å². The van der Waals surface area contributed by atoms with Gasteiger partial charge in [-0.1, -0.05) is 19.2 Å². The number of esters is 2. The van der Waals surface area contributed by atoms with E-state index in [1.54, 1.807) is 19.1 Å². The van der Waals surface area contributed by atoms with Gasteiger partial charge in [-0.15, -0.1) is 0 Å². The van der Waals surface area contributed by atoms with Crippen LogP contribution < -0.4 is 0 Å². The number of aliphatic hydroxyl groups excluding tert-OH is 1. The number of carbonyl (C=O) groups excluding carboxylic acids is 3. The van der Waals surface area contributed by atoms with Crippen LogP contribution in [0.15, 0.2) is 47.6 Å². The molecule has 0 aromatic rings. The van der Waals surface area contributed by atoms with Crippen molar-refractivity contribution in [2.24, 2.45) is 5.92 Å². The van der Waals surface area contributed by atoms with Crippen molar-refractivity contribution in [3.05, 3.63) is 47.6 Å². The number of ether oxygens (including phenoxy) is 3. The maximum Gasteiger partial charge on any atom is 0.334 e. The van der Waals surface area contributed by atoms with Gasteiger partial charge in [0.1, 0.15) is 24.6 Å². The second-order valence-corrected chi connectivity index (χ2v) is 6.79. The van der Waals surface area contributed by atoms with E-state index >= 15 is 0 Å². The van der Waals surface area contributed by atoms with Gasteiger partial charge in [0.05, 0.1) is 12.5 Å². The molecule has 1 aliphatic carbocycles. The van der Waals surface area contributed by atoms with E-state index in [0.717, 1.165) is 0 Å². The molecule has 1 fully saturated rings. The fourth-order valence-corrected chi connectivity index (χ4v) is 3.34. The maximum absolute atomic E-state index is 12.3. The molecule has 7 heteroatoms. The highest BCUT2D eigenvalue weighted by Gasteiger charge is 2.48. The van der Waals surface area contributed by atoms with Gasteiger partial charge in [0, 0.05) is 23.3 Å². The zero-order valence-corrected chi connectivity index (χ0v) is 16.2. The molecular formula is C21H26O7. The van der Waals surface area contributed by atoms with Crippen LogP contribution in [-0.2, 0) is 28.6 Å². The van der Waals surface area contributed by atoms with E-state index in [1.165, 1.54) is 6.92 Å². The molecule has 7 nitrogen and oxygen atoms in total. The van der Waals surface area contributed by atoms with Crippen molar-refractivity contribution in [1.82, 2.24) is 0 Å². The van der Waals surface area contributed by atoms with Crippen molar-refractivity contribution < 1.29 is 33.7 Å². The van der Waals surface area contributed by atoms with Crippen LogP contribution in [0.3, 0.4) is 0 Å². The van der Waals surface area contributed by atoms with Crippen LogP contribution >= 0.6 is 0 Å². The standard InChI is InChI=1S/C21H26O7/c1-5-26-18-15(11-23)8-6-7-14(10-22)9-16-17(13(4)21(25)27-16)19(18)28-20(24)12(2)3/h8-9,11,16-19,22H,2,4-7,10H2,1,3H3/b14-9+,15-8-. The predicted octanol–water partition coefficient (Wildman–Crippen LogP) is 1.81. The minimum atomic E-state index is -1.03. The van der Waals surface area contributed by atoms with E-state index in [9.17, 15) is 19.5 Å². The van der Waals surface area contributed by atoms with Crippen LogP contribution in [0.2, 0.25) is 0 Å². The van der Waals surface area contributed by atoms with Crippen LogP contribution in [0.4, 0.5) is 0 Å². The summed E-state index contributed by atoms with van der Waals surface area (Å²) in [6.07, 6.45) is 2.24. The first-order valence-corrected chi connectivity index (χ1v) is 9.17. The lowest BCUT2D eigenvalue weighted by atomic mass is 9.83. The molecule has 0 spiro atoms. The Morgan fingerprint density at radius 1 is 1.46 bits per heavy atom. The molecule has 1 aliphatic heterocycles. The van der Waals surface area contributed by atoms with Crippen LogP contribution in [0.5, 0.6) is 0 Å². The normalized spacial score (nSPS) is 31.5. The Morgan fingerprint density at radius 3 is 2.75 bits per heavy atom. The summed E-state index contributed by atoms with van der Waals surface area (Å²) >= 11 is 0. The summed E-state index contributed by atoms with van der Waals surface area (Å²) in [6.45, 7) is 10.7. The molecule has 1 saturated heterocycles. The summed E-state index contributed by atoms with van der Waals surface area (Å²) < 4.78 is 16.8. The lowest BCUT2D eigenvalue weighted by Crippen LogP contribution is -2.44. The summed E-state index contributed by atoms with van der Waals surface area (Å²) in [5.74, 6) is -2.06. The van der Waals surface area contributed by atoms with Gasteiger partial charge in [0.2, 0.25) is 0 Å². The quantitative estimate of drug-likeness (QED) is 0.320. The molecule has 0 radical (unpaired) electrons. The molecule has 0 saturated carbocycles. The first-order valence-electron chi connectivity index (χ1n) is 9.17. The fourth-order valence-electron chi connectivity index (χ4n) is 3.34. The van der Waals surface area contributed by atoms with Crippen LogP contribution in [-0.4, -0.2) is 54.9 Å². The number of fused-ring (bicyclic) bond motifs is 1. The average molecular weight is 390 g/mol. The Morgan fingerprint density at radius 2 is 2.18 bits per heavy atom. The summed E-state index contributed by atoms with van der Waals surface area (Å²) in [7, 11) is 0. The van der Waals surface area contributed by atoms with Crippen LogP contribution in [0.25, 0.3) is 0 Å². The number of rotatable bonds is 6. The number of aldehydes is 1. The lowest BCUT2D eigenvalue weighted by Gasteiger charge is -2.33. The van der Waals surface area contributed by atoms with Crippen molar-refractivity contribution in [3.63, 3.8) is 0 Å². The third-order valence-corrected chi connectivity index (χ3v) is 4.76. The SMILES string of the molecule is C=C(C)C(=O)OC1C(OCC)/C(C=O)=C\CC/C(CO)=C\C2OC(=O)C(=C)C21. The van der Waals surface area contributed by atoms with Crippen molar-refractivity contribution in [3.8, 4) is 0 Å². The van der Waals surface area contributed by atoms with E-state index in [4.69, 9.17) is 14.2 Å². The molecule has 0 aromatic carbocycles. The molecule has 1 heterocycles. The Labute approximate surface area is 164 Å². The number of allylic oxidation sites excluding steroid dienone is 1. The number of aliphatic hydroxyl groups is 1. The molecule has 0 bridgehead atoms. The molecule has 1 N–H and O–H groups in total. The molecule has 0 amide bonds. The second-order valence-electron chi connectivity index (χ2n) is 6.79. The van der Waals surface area contributed by atoms with Gasteiger partial charge < -0.3 is 19.3 Å². The van der Waals surface area contributed by atoms with Crippen LogP contribution in [0.1, 0.15) is 26.7 Å². The van der Waals surface area contributed by atoms with Gasteiger partial charge in [-0.05, 0) is 38.3 Å². The smallest absolute Gasteiger partial charge is 0.334 e. The molecule has 2 aliphatic rings. The summed E-state index contributed by atoms with van der Waals surface area (Å²) in [5.41, 5.74) is 1.24. The topological polar surface area (TPSA) is 99.1 Å². The van der Waals surface area contributed by atoms with Gasteiger partial charge in [-0.25, -0.2) is 9.59 Å². The highest BCUT2D eigenvalue weighted by atomic mass is 16.6. The summed E-state index contributed by atoms with van der Waals surface area (Å²) in [5, 5.41) is 9.62. The fraction of sp³-hybridized carbons (Fsp3) is 0.476. The van der Waals surface area contributed by atoms with E-state index in [1.807, 2.05) is 0 Å². The molecule has 4 unspecified atom stereocenters. The Bertz CT molecular complexity index is 731. The highest BCUT2D eigenvalue weighted by Crippen LogP contribution is 2.37. The predicted molar refractivity (Wildman–Crippen MR) is 101 cm³/mol. The summed E-state index contributed by atoms with van der Waals surface area (Å²) in [6, 6.07) is 0. The van der Waals surface area contributed by atoms with Crippen molar-refractivity contribution in [2.75, 3.05) is 13.2 Å². The average Bonchev–Trinajstić information content (AvgIpc) is 2.94. The van der Waals surface area contributed by atoms with Crippen molar-refractivity contribution in [1.29, 1.82) is 0 Å². The second kappa shape index (κ2) is 9.61. The maximum atomic E-state index is 12.3. The zero-order chi connectivity index (χ0) is 20.8. The Balaban J connectivity index is 2.61. The molecule has 28 heavy (non-hydrogen) atoms. The third-order valence-electron chi connectivity index (χ3n) is 4.76. The van der Waals surface area contributed by atoms with Gasteiger partial charge in [0.15, 0.2) is 0 Å². The first-order chi connectivity index (χ1) is 13.3. The molecule has 2 rings (SSSR count). The first kappa shape index (κ1) is 21.8. The van der Waals surface area contributed by atoms with Gasteiger partial charge >= 0.3 is 11.9 Å². The minimum absolute atomic E-state index is 0.119. The Kier molecular flexibility index (Phi) is 7.48. The van der Waals surface area contributed by atoms with Crippen molar-refractivity contribution >= 4 is 18.2 Å². The molecular weight excluding hydrogens is 364 g/mol. The molecule has 152 valence electrons. The number of hydrogen-bond donors (Lipinski definition) is 1. The zero-order valence-electron chi connectivity index (χ0n) is 16.2. The Hall–Kier alpha value is -2.51. The van der Waals surface area contributed by atoms with Gasteiger partial charge in [-0.3, -0.25) is 4.79 Å². The number of hydrogen-bond acceptors (Lipinski definition) is 7. The number of carbonyl (C=O) groups is 3. The van der Waals surface area contributed by atoms with E-state index in [0.29, 0.717) is 30.3 Å². The van der Waals surface area contributed by atoms with E-state index in [-0.39, 0.29) is 24.4 Å². The molecule has 0 aromatic heterocycles. The largest absolute Gasteiger partial charge is 0.455 e. The van der Waals surface area contributed by atoms with Crippen molar-refractivity contribution in [2.45, 2.75) is 45.0 Å². The monoisotopic (exact) mass is 390 g/mol. The minimum Gasteiger partial charge on any atom is -0.455 e. The lowest BCUT2D eigenvalue weighted by molar-refractivity contribution is -0.156. The van der Waals surface area contributed by atoms with E-state index < -0.39 is 36.2 Å². The summed E-state index contributed by atoms with van der Waals surface area (Å²) in [4.78, 5) is 36.3. The van der Waals surface area contributed by atoms with Gasteiger partial charge in [0.25, 0.3) is 0 Å². The third kappa shape index (κ3) is 4.66.